The van der Waals surface area contributed by atoms with Gasteiger partial charge in [-0.1, -0.05) is 30.3 Å². The third-order valence-corrected chi connectivity index (χ3v) is 5.93. The maximum Gasteiger partial charge on any atom is 0.338 e. The second-order valence-corrected chi connectivity index (χ2v) is 8.82. The molecule has 3 N–H and O–H groups in total. The van der Waals surface area contributed by atoms with E-state index in [2.05, 4.69) is 27.7 Å². The molecule has 12 nitrogen and oxygen atoms in total. The zero-order valence-electron chi connectivity index (χ0n) is 23.0. The summed E-state index contributed by atoms with van der Waals surface area (Å²) in [6, 6.07) is 6.84. The average molecular weight is 587 g/mol. The Morgan fingerprint density at radius 3 is 2.56 bits per heavy atom. The van der Waals surface area contributed by atoms with E-state index in [1.807, 2.05) is 0 Å². The van der Waals surface area contributed by atoms with Gasteiger partial charge in [-0.2, -0.15) is 5.10 Å². The van der Waals surface area contributed by atoms with Gasteiger partial charge in [0.25, 0.3) is 5.91 Å². The number of esters is 1. The van der Waals surface area contributed by atoms with Gasteiger partial charge in [0.15, 0.2) is 29.6 Å². The molecule has 0 unspecified atom stereocenters. The largest absolute Gasteiger partial charge is 0.493 e. The van der Waals surface area contributed by atoms with Crippen LogP contribution in [0.1, 0.15) is 31.0 Å². The highest BCUT2D eigenvalue weighted by molar-refractivity contribution is 6.32. The van der Waals surface area contributed by atoms with Crippen LogP contribution in [0.2, 0.25) is 5.02 Å². The molecular formula is C28H31ClN4O8. The van der Waals surface area contributed by atoms with Crippen LogP contribution in [0.15, 0.2) is 59.4 Å². The standard InChI is InChI=1S/C28H31ClN4O8/c1-6-10-40-26-19(29)11-17(12-22(26)38-5)14-30-33-23(34)15-41-20-9-8-18(13-21(20)37-4)25-24(27(35)39-7-2)16(3)31-28(36)32-25/h6,8-9,11-14,25H,1,7,10,15H2,2-5H3,(H,33,34)(H2,31,32,36)/b30-14-/t25-/m1/s1. The number of hydrazone groups is 1. The van der Waals surface area contributed by atoms with Crippen LogP contribution in [0.5, 0.6) is 23.0 Å². The normalized spacial score (nSPS) is 14.6. The number of halogens is 1. The molecule has 0 aromatic heterocycles. The summed E-state index contributed by atoms with van der Waals surface area (Å²) in [6.45, 7) is 6.98. The Morgan fingerprint density at radius 1 is 1.12 bits per heavy atom. The van der Waals surface area contributed by atoms with Gasteiger partial charge in [-0.05, 0) is 49.2 Å². The van der Waals surface area contributed by atoms with Crippen molar-refractivity contribution in [2.75, 3.05) is 34.0 Å². The number of rotatable bonds is 13. The molecule has 2 aromatic rings. The van der Waals surface area contributed by atoms with Crippen molar-refractivity contribution < 1.29 is 38.1 Å². The quantitative estimate of drug-likeness (QED) is 0.140. The molecule has 41 heavy (non-hydrogen) atoms. The lowest BCUT2D eigenvalue weighted by Crippen LogP contribution is -2.45. The van der Waals surface area contributed by atoms with Gasteiger partial charge in [-0.15, -0.1) is 0 Å². The fourth-order valence-corrected chi connectivity index (χ4v) is 4.13. The Bertz CT molecular complexity index is 1380. The summed E-state index contributed by atoms with van der Waals surface area (Å²) >= 11 is 6.28. The molecular weight excluding hydrogens is 556 g/mol. The monoisotopic (exact) mass is 586 g/mol. The fourth-order valence-electron chi connectivity index (χ4n) is 3.86. The Balaban J connectivity index is 1.67. The predicted octanol–water partition coefficient (Wildman–Crippen LogP) is 3.64. The van der Waals surface area contributed by atoms with Crippen LogP contribution in [0, 0.1) is 0 Å². The van der Waals surface area contributed by atoms with Gasteiger partial charge >= 0.3 is 12.0 Å². The summed E-state index contributed by atoms with van der Waals surface area (Å²) < 4.78 is 27.0. The molecule has 2 aromatic carbocycles. The van der Waals surface area contributed by atoms with E-state index in [1.54, 1.807) is 50.3 Å². The maximum absolute atomic E-state index is 12.6. The van der Waals surface area contributed by atoms with Gasteiger partial charge in [0.2, 0.25) is 0 Å². The Morgan fingerprint density at radius 2 is 1.88 bits per heavy atom. The van der Waals surface area contributed by atoms with Crippen LogP contribution in [0.3, 0.4) is 0 Å². The summed E-state index contributed by atoms with van der Waals surface area (Å²) in [5.41, 5.74) is 4.13. The highest BCUT2D eigenvalue weighted by Crippen LogP contribution is 2.36. The minimum absolute atomic E-state index is 0.178. The number of methoxy groups -OCH3 is 2. The molecule has 0 radical (unpaired) electrons. The Hall–Kier alpha value is -4.71. The van der Waals surface area contributed by atoms with Crippen LogP contribution < -0.4 is 35.0 Å². The second-order valence-electron chi connectivity index (χ2n) is 8.42. The molecule has 0 bridgehead atoms. The number of carbonyl (C=O) groups is 3. The number of carbonyl (C=O) groups excluding carboxylic acids is 3. The Labute approximate surface area is 242 Å². The third kappa shape index (κ3) is 7.92. The van der Waals surface area contributed by atoms with Crippen LogP contribution in [0.25, 0.3) is 0 Å². The van der Waals surface area contributed by atoms with E-state index in [0.29, 0.717) is 33.3 Å². The van der Waals surface area contributed by atoms with Crippen LogP contribution in [-0.4, -0.2) is 58.2 Å². The first kappa shape index (κ1) is 30.8. The first-order valence-electron chi connectivity index (χ1n) is 12.4. The van der Waals surface area contributed by atoms with E-state index in [4.69, 9.17) is 35.3 Å². The molecule has 3 amide bonds. The molecule has 0 spiro atoms. The lowest BCUT2D eigenvalue weighted by molar-refractivity contribution is -0.139. The molecule has 218 valence electrons. The summed E-state index contributed by atoms with van der Waals surface area (Å²) in [4.78, 5) is 37.0. The Kier molecular flexibility index (Phi) is 11.0. The van der Waals surface area contributed by atoms with Crippen molar-refractivity contribution in [3.05, 3.63) is 70.4 Å². The average Bonchev–Trinajstić information content (AvgIpc) is 2.94. The van der Waals surface area contributed by atoms with Crippen molar-refractivity contribution in [1.29, 1.82) is 0 Å². The van der Waals surface area contributed by atoms with E-state index in [1.165, 1.54) is 20.4 Å². The van der Waals surface area contributed by atoms with Crippen molar-refractivity contribution >= 4 is 35.7 Å². The molecule has 0 saturated heterocycles. The molecule has 0 aliphatic carbocycles. The SMILES string of the molecule is C=CCOc1c(Cl)cc(/C=N\NC(=O)COc2ccc([C@H]3NC(=O)NC(C)=C3C(=O)OCC)cc2OC)cc1OC. The molecule has 13 heteroatoms. The zero-order valence-corrected chi connectivity index (χ0v) is 23.8. The van der Waals surface area contributed by atoms with Gasteiger partial charge in [0, 0.05) is 5.70 Å². The first-order valence-corrected chi connectivity index (χ1v) is 12.8. The number of nitrogens with zero attached hydrogens (tertiary/aromatic N) is 1. The van der Waals surface area contributed by atoms with Crippen LogP contribution in [-0.2, 0) is 14.3 Å². The molecule has 0 fully saturated rings. The molecule has 0 saturated carbocycles. The van der Waals surface area contributed by atoms with Crippen molar-refractivity contribution in [2.24, 2.45) is 5.10 Å². The van der Waals surface area contributed by atoms with Crippen molar-refractivity contribution in [2.45, 2.75) is 19.9 Å². The van der Waals surface area contributed by atoms with Crippen LogP contribution >= 0.6 is 11.6 Å². The lowest BCUT2D eigenvalue weighted by atomic mass is 9.95. The number of ether oxygens (including phenoxy) is 5. The summed E-state index contributed by atoms with van der Waals surface area (Å²) in [5, 5.41) is 9.54. The summed E-state index contributed by atoms with van der Waals surface area (Å²) in [6.07, 6.45) is 2.98. The van der Waals surface area contributed by atoms with Gasteiger partial charge in [-0.3, -0.25) is 4.79 Å². The zero-order chi connectivity index (χ0) is 29.9. The molecule has 1 aliphatic rings. The number of urea groups is 1. The van der Waals surface area contributed by atoms with E-state index in [0.717, 1.165) is 0 Å². The van der Waals surface area contributed by atoms with Crippen molar-refractivity contribution in [1.82, 2.24) is 16.1 Å². The number of amides is 3. The number of hydrogen-bond donors (Lipinski definition) is 3. The lowest BCUT2D eigenvalue weighted by Gasteiger charge is -2.28. The van der Waals surface area contributed by atoms with E-state index >= 15 is 0 Å². The predicted molar refractivity (Wildman–Crippen MR) is 152 cm³/mol. The fraction of sp³-hybridized carbons (Fsp3) is 0.286. The second kappa shape index (κ2) is 14.6. The smallest absolute Gasteiger partial charge is 0.338 e. The minimum Gasteiger partial charge on any atom is -0.493 e. The minimum atomic E-state index is -0.780. The number of hydrogen-bond acceptors (Lipinski definition) is 9. The molecule has 3 rings (SSSR count). The van der Waals surface area contributed by atoms with E-state index < -0.39 is 23.9 Å². The van der Waals surface area contributed by atoms with Gasteiger partial charge < -0.3 is 34.3 Å². The van der Waals surface area contributed by atoms with Crippen LogP contribution in [0.4, 0.5) is 4.79 Å². The molecule has 1 atom stereocenters. The van der Waals surface area contributed by atoms with Crippen molar-refractivity contribution in [3.8, 4) is 23.0 Å². The molecule has 1 heterocycles. The van der Waals surface area contributed by atoms with Gasteiger partial charge in [0.05, 0.1) is 43.7 Å². The van der Waals surface area contributed by atoms with E-state index in [9.17, 15) is 14.4 Å². The van der Waals surface area contributed by atoms with Crippen molar-refractivity contribution in [3.63, 3.8) is 0 Å². The van der Waals surface area contributed by atoms with E-state index in [-0.39, 0.29) is 36.9 Å². The highest BCUT2D eigenvalue weighted by Gasteiger charge is 2.32. The third-order valence-electron chi connectivity index (χ3n) is 5.64. The topological polar surface area (TPSA) is 146 Å². The molecule has 1 aliphatic heterocycles. The van der Waals surface area contributed by atoms with Gasteiger partial charge in [-0.25, -0.2) is 15.0 Å². The number of allylic oxidation sites excluding steroid dienone is 1. The number of nitrogens with one attached hydrogen (secondary N) is 3. The first-order chi connectivity index (χ1) is 19.7. The highest BCUT2D eigenvalue weighted by atomic mass is 35.5. The summed E-state index contributed by atoms with van der Waals surface area (Å²) in [7, 11) is 2.91. The number of benzene rings is 2. The summed E-state index contributed by atoms with van der Waals surface area (Å²) in [5.74, 6) is 0.222. The maximum atomic E-state index is 12.6. The van der Waals surface area contributed by atoms with Gasteiger partial charge in [0.1, 0.15) is 6.61 Å².